The molecule has 6 aromatic heterocycles. The van der Waals surface area contributed by atoms with Gasteiger partial charge in [0.15, 0.2) is 0 Å². The van der Waals surface area contributed by atoms with E-state index in [1.54, 1.807) is 0 Å². The molecule has 4 N–H and O–H groups in total. The van der Waals surface area contributed by atoms with Gasteiger partial charge < -0.3 is 19.9 Å². The molecule has 10 heterocycles. The maximum absolute atomic E-state index is 5.69. The molecule has 16 bridgehead atoms. The van der Waals surface area contributed by atoms with Crippen molar-refractivity contribution >= 4 is 92.7 Å². The van der Waals surface area contributed by atoms with Crippen molar-refractivity contribution in [2.24, 2.45) is 0 Å². The highest BCUT2D eigenvalue weighted by Gasteiger charge is 2.24. The van der Waals surface area contributed by atoms with E-state index in [9.17, 15) is 0 Å². The minimum absolute atomic E-state index is 0.829. The second kappa shape index (κ2) is 23.6. The molecule has 0 saturated carbocycles. The van der Waals surface area contributed by atoms with E-state index >= 15 is 0 Å². The van der Waals surface area contributed by atoms with Crippen LogP contribution >= 0.6 is 0 Å². The normalized spacial score (nSPS) is 12.2. The summed E-state index contributed by atoms with van der Waals surface area (Å²) in [6, 6.07) is 98.5. The molecule has 8 heteroatoms. The third-order valence-corrected chi connectivity index (χ3v) is 18.5. The second-order valence-corrected chi connectivity index (χ2v) is 24.3. The van der Waals surface area contributed by atoms with Crippen LogP contribution in [0.3, 0.4) is 0 Å². The van der Waals surface area contributed by atoms with E-state index in [-0.39, 0.29) is 0 Å². The van der Waals surface area contributed by atoms with Gasteiger partial charge in [0, 0.05) is 88.7 Å². The highest BCUT2D eigenvalue weighted by atomic mass is 14.8. The Bertz CT molecular complexity index is 5840. The largest absolute Gasteiger partial charge is 0.354 e. The van der Waals surface area contributed by atoms with E-state index in [1.807, 2.05) is 0 Å². The number of aromatic nitrogens is 8. The number of aromatic amines is 4. The van der Waals surface area contributed by atoms with Gasteiger partial charge in [-0.3, -0.25) is 0 Å². The molecule has 4 aliphatic heterocycles. The Morgan fingerprint density at radius 2 is 0.365 bits per heavy atom. The summed E-state index contributed by atoms with van der Waals surface area (Å²) in [6.45, 7) is 0. The van der Waals surface area contributed by atoms with Crippen molar-refractivity contribution in [2.45, 2.75) is 0 Å². The van der Waals surface area contributed by atoms with Crippen LogP contribution in [0.4, 0.5) is 0 Å². The first kappa shape index (κ1) is 55.8. The van der Waals surface area contributed by atoms with Crippen molar-refractivity contribution in [3.8, 4) is 100 Å². The van der Waals surface area contributed by atoms with Gasteiger partial charge in [-0.25, -0.2) is 19.9 Å². The molecular weight excluding hydrogens is 1170 g/mol. The average molecular weight is 1230 g/mol. The molecule has 0 atom stereocenters. The van der Waals surface area contributed by atoms with Crippen LogP contribution < -0.4 is 0 Å². The van der Waals surface area contributed by atoms with Gasteiger partial charge in [-0.15, -0.1) is 0 Å². The van der Waals surface area contributed by atoms with Crippen molar-refractivity contribution in [1.29, 1.82) is 0 Å². The fraction of sp³-hybridized carbons (Fsp3) is 0. The lowest BCUT2D eigenvalue weighted by atomic mass is 9.96. The highest BCUT2D eigenvalue weighted by Crippen LogP contribution is 2.44. The number of hydrogen-bond acceptors (Lipinski definition) is 4. The van der Waals surface area contributed by atoms with Gasteiger partial charge >= 0.3 is 0 Å². The zero-order valence-electron chi connectivity index (χ0n) is 52.0. The summed E-state index contributed by atoms with van der Waals surface area (Å²) in [5.74, 6) is 0. The standard InChI is InChI=1S/C88H58N8/c1-8-22-56(23-9-1)80-65-40-42-67(89-65)81(57-24-10-2-11-25-57)70-46-48-75(92-70)85(76-49-47-71(93-76)82(58-26-12-3-13-27-58)68-43-41-66(80)90-68)63-38-36-55(37-39-63)64-54-79-86(61-32-18-6-19-33-61)77-51-50-73(94-77)83(59-28-14-4-15-29-59)69-44-45-72(91-69)84(60-30-16-5-17-31-60)74-52-53-78(95-74)87(88(64)96-79)62-34-20-7-21-35-62/h1-54,89,91,93,96H. The topological polar surface area (TPSA) is 115 Å². The molecule has 0 radical (unpaired) electrons. The summed E-state index contributed by atoms with van der Waals surface area (Å²) in [6.07, 6.45) is 17.3. The Morgan fingerprint density at radius 1 is 0.167 bits per heavy atom. The molecular formula is C88H58N8. The van der Waals surface area contributed by atoms with E-state index in [4.69, 9.17) is 19.9 Å². The average Bonchev–Trinajstić information content (AvgIpc) is 1.61. The monoisotopic (exact) mass is 1230 g/mol. The number of nitrogens with zero attached hydrogens (tertiary/aromatic N) is 4. The van der Waals surface area contributed by atoms with E-state index in [2.05, 4.69) is 348 Å². The molecule has 0 saturated heterocycles. The molecule has 18 rings (SSSR count). The first-order valence-corrected chi connectivity index (χ1v) is 32.4. The van der Waals surface area contributed by atoms with Crippen molar-refractivity contribution in [2.75, 3.05) is 0 Å². The molecule has 14 aromatic rings. The Labute approximate surface area is 554 Å². The van der Waals surface area contributed by atoms with Crippen LogP contribution in [0.15, 0.2) is 279 Å². The van der Waals surface area contributed by atoms with Crippen LogP contribution in [0.1, 0.15) is 45.6 Å². The van der Waals surface area contributed by atoms with E-state index in [0.29, 0.717) is 0 Å². The summed E-state index contributed by atoms with van der Waals surface area (Å²) >= 11 is 0. The summed E-state index contributed by atoms with van der Waals surface area (Å²) in [7, 11) is 0. The fourth-order valence-electron chi connectivity index (χ4n) is 14.2. The van der Waals surface area contributed by atoms with Gasteiger partial charge in [0.05, 0.1) is 51.1 Å². The van der Waals surface area contributed by atoms with Gasteiger partial charge in [0.25, 0.3) is 0 Å². The quantitative estimate of drug-likeness (QED) is 0.115. The fourth-order valence-corrected chi connectivity index (χ4v) is 14.2. The van der Waals surface area contributed by atoms with Crippen molar-refractivity contribution in [3.05, 3.63) is 325 Å². The Balaban J connectivity index is 0.918. The number of benzene rings is 8. The van der Waals surface area contributed by atoms with Crippen LogP contribution in [0, 0.1) is 0 Å². The third kappa shape index (κ3) is 9.96. The van der Waals surface area contributed by atoms with Crippen molar-refractivity contribution in [3.63, 3.8) is 0 Å². The van der Waals surface area contributed by atoms with Gasteiger partial charge in [-0.05, 0) is 141 Å². The summed E-state index contributed by atoms with van der Waals surface area (Å²) < 4.78 is 0. The van der Waals surface area contributed by atoms with Crippen molar-refractivity contribution < 1.29 is 0 Å². The predicted molar refractivity (Wildman–Crippen MR) is 400 cm³/mol. The van der Waals surface area contributed by atoms with Crippen LogP contribution in [0.2, 0.25) is 0 Å². The molecule has 4 aliphatic rings. The number of nitrogens with one attached hydrogen (secondary N) is 4. The first-order valence-electron chi connectivity index (χ1n) is 32.4. The van der Waals surface area contributed by atoms with Crippen LogP contribution in [0.25, 0.3) is 193 Å². The van der Waals surface area contributed by atoms with Crippen LogP contribution in [-0.2, 0) is 0 Å². The summed E-state index contributed by atoms with van der Waals surface area (Å²) in [5, 5.41) is 0. The van der Waals surface area contributed by atoms with Gasteiger partial charge in [-0.2, -0.15) is 0 Å². The maximum Gasteiger partial charge on any atom is 0.0737 e. The number of H-pyrrole nitrogens is 4. The van der Waals surface area contributed by atoms with Crippen molar-refractivity contribution in [1.82, 2.24) is 39.9 Å². The Hall–Kier alpha value is -13.0. The zero-order valence-corrected chi connectivity index (χ0v) is 52.0. The molecule has 8 aromatic carbocycles. The molecule has 0 amide bonds. The molecule has 96 heavy (non-hydrogen) atoms. The van der Waals surface area contributed by atoms with Gasteiger partial charge in [0.2, 0.25) is 0 Å². The Kier molecular flexibility index (Phi) is 13.7. The molecule has 0 aliphatic carbocycles. The Morgan fingerprint density at radius 3 is 0.615 bits per heavy atom. The summed E-state index contributed by atoms with van der Waals surface area (Å²) in [4.78, 5) is 38.4. The second-order valence-electron chi connectivity index (χ2n) is 24.3. The molecule has 8 nitrogen and oxygen atoms in total. The van der Waals surface area contributed by atoms with Crippen LogP contribution in [0.5, 0.6) is 0 Å². The number of hydrogen-bond donors (Lipinski definition) is 4. The third-order valence-electron chi connectivity index (χ3n) is 18.5. The minimum Gasteiger partial charge on any atom is -0.354 e. The lowest BCUT2D eigenvalue weighted by molar-refractivity contribution is 1.31. The SMILES string of the molecule is C1=Cc2nc1c(-c1ccccc1)c1ccc([nH]1)c(-c1ccccc1)c1nc(c(-c3ccc(-c4cc5[nH]c4c(-c4ccccc4)c4nc(c(-c6ccccc6)c6ccc([nH]6)c(-c6ccccc6)c6nc(c5-c5ccccc5)C=C6)C=C4)cc3)c3ccc([nH]3)c2-c2ccccc2)C=C1. The first-order chi connectivity index (χ1) is 47.6. The minimum atomic E-state index is 0.829. The summed E-state index contributed by atoms with van der Waals surface area (Å²) in [5.41, 5.74) is 32.5. The molecule has 450 valence electrons. The maximum atomic E-state index is 5.69. The van der Waals surface area contributed by atoms with E-state index in [0.717, 1.165) is 190 Å². The lowest BCUT2D eigenvalue weighted by Crippen LogP contribution is -1.90. The lowest BCUT2D eigenvalue weighted by Gasteiger charge is -2.09. The predicted octanol–water partition coefficient (Wildman–Crippen LogP) is 22.6. The zero-order chi connectivity index (χ0) is 63.5. The number of rotatable bonds is 9. The molecule has 0 unspecified atom stereocenters. The van der Waals surface area contributed by atoms with Gasteiger partial charge in [0.1, 0.15) is 0 Å². The van der Waals surface area contributed by atoms with E-state index in [1.165, 1.54) is 0 Å². The molecule has 0 fully saturated rings. The highest BCUT2D eigenvalue weighted by molar-refractivity contribution is 6.06. The van der Waals surface area contributed by atoms with Crippen LogP contribution in [-0.4, -0.2) is 39.9 Å². The number of fused-ring (bicyclic) bond motifs is 16. The van der Waals surface area contributed by atoms with E-state index < -0.39 is 0 Å². The smallest absolute Gasteiger partial charge is 0.0737 e. The van der Waals surface area contributed by atoms with Gasteiger partial charge in [-0.1, -0.05) is 237 Å². The molecule has 0 spiro atoms.